The predicted octanol–water partition coefficient (Wildman–Crippen LogP) is 1.64. The van der Waals surface area contributed by atoms with Crippen LogP contribution in [0, 0.1) is 19.7 Å². The van der Waals surface area contributed by atoms with Gasteiger partial charge in [-0.1, -0.05) is 17.7 Å². The Hall–Kier alpha value is -2.04. The van der Waals surface area contributed by atoms with E-state index in [1.807, 2.05) is 31.0 Å². The van der Waals surface area contributed by atoms with Crippen LogP contribution in [0.4, 0.5) is 4.39 Å². The molecule has 0 saturated carbocycles. The minimum Gasteiger partial charge on any atom is -0.426 e. The van der Waals surface area contributed by atoms with Crippen LogP contribution < -0.4 is 15.8 Å². The first-order valence-corrected chi connectivity index (χ1v) is 10.3. The van der Waals surface area contributed by atoms with Gasteiger partial charge in [0.1, 0.15) is 18.1 Å². The lowest BCUT2D eigenvalue weighted by atomic mass is 9.88. The van der Waals surface area contributed by atoms with Gasteiger partial charge in [0.05, 0.1) is 12.8 Å². The van der Waals surface area contributed by atoms with Crippen molar-refractivity contribution in [2.45, 2.75) is 51.3 Å². The molecule has 2 aliphatic rings. The number of H-pyrrole nitrogens is 1. The summed E-state index contributed by atoms with van der Waals surface area (Å²) in [7, 11) is 3.91. The molecule has 0 spiro atoms. The Balaban J connectivity index is 1.45. The topological polar surface area (TPSA) is 112 Å². The number of hydrogen-bond acceptors (Lipinski definition) is 7. The highest BCUT2D eigenvalue weighted by Crippen LogP contribution is 2.51. The second kappa shape index (κ2) is 7.90. The van der Waals surface area contributed by atoms with E-state index >= 15 is 0 Å². The molecule has 0 amide bonds. The van der Waals surface area contributed by atoms with Crippen molar-refractivity contribution in [3.8, 4) is 5.75 Å². The molecule has 2 aliphatic heterocycles. The monoisotopic (exact) mass is 436 g/mol. The fraction of sp³-hybridized carbons (Fsp3) is 0.444. The Morgan fingerprint density at radius 3 is 2.90 bits per heavy atom. The molecule has 4 atom stereocenters. The molecule has 2 aromatic rings. The zero-order valence-electron chi connectivity index (χ0n) is 16.3. The summed E-state index contributed by atoms with van der Waals surface area (Å²) < 4.78 is 36.8. The lowest BCUT2D eigenvalue weighted by molar-refractivity contribution is -0.172. The molecule has 0 aliphatic carbocycles. The van der Waals surface area contributed by atoms with Crippen LogP contribution in [-0.2, 0) is 20.4 Å². The lowest BCUT2D eigenvalue weighted by Gasteiger charge is -2.34. The van der Waals surface area contributed by atoms with Crippen molar-refractivity contribution in [2.75, 3.05) is 0 Å². The number of benzene rings is 1. The molecular formula is C18H19BFN2O7P. The van der Waals surface area contributed by atoms with Gasteiger partial charge < -0.3 is 14.4 Å². The summed E-state index contributed by atoms with van der Waals surface area (Å²) in [5.41, 5.74) is -1.39. The molecule has 1 aromatic heterocycles. The van der Waals surface area contributed by atoms with Gasteiger partial charge >= 0.3 is 14.3 Å². The number of aromatic nitrogens is 2. The van der Waals surface area contributed by atoms with Crippen molar-refractivity contribution >= 4 is 16.4 Å². The van der Waals surface area contributed by atoms with E-state index < -0.39 is 43.7 Å². The average molecular weight is 436 g/mol. The van der Waals surface area contributed by atoms with E-state index in [1.165, 1.54) is 0 Å². The largest absolute Gasteiger partial charge is 0.426 e. The molecule has 1 aromatic carbocycles. The second-order valence-electron chi connectivity index (χ2n) is 7.30. The third-order valence-electron chi connectivity index (χ3n) is 4.90. The molecule has 1 saturated heterocycles. The van der Waals surface area contributed by atoms with Crippen molar-refractivity contribution in [1.29, 1.82) is 0 Å². The maximum absolute atomic E-state index is 13.5. The summed E-state index contributed by atoms with van der Waals surface area (Å²) in [5.74, 6) is -0.508. The van der Waals surface area contributed by atoms with Gasteiger partial charge in [-0.15, -0.1) is 0 Å². The van der Waals surface area contributed by atoms with E-state index in [9.17, 15) is 19.1 Å². The molecule has 158 valence electrons. The molecule has 2 N–H and O–H groups in total. The molecule has 30 heavy (non-hydrogen) atoms. The van der Waals surface area contributed by atoms with E-state index in [-0.39, 0.29) is 19.4 Å². The number of nitrogens with one attached hydrogen (secondary N) is 1. The zero-order valence-corrected chi connectivity index (χ0v) is 17.1. The summed E-state index contributed by atoms with van der Waals surface area (Å²) in [6, 6.07) is 3.90. The minimum absolute atomic E-state index is 0.211. The van der Waals surface area contributed by atoms with Crippen molar-refractivity contribution < 1.29 is 27.8 Å². The summed E-state index contributed by atoms with van der Waals surface area (Å²) in [6.07, 6.45) is -0.772. The van der Waals surface area contributed by atoms with Crippen molar-refractivity contribution in [3.63, 3.8) is 0 Å². The Morgan fingerprint density at radius 1 is 1.37 bits per heavy atom. The van der Waals surface area contributed by atoms with Crippen molar-refractivity contribution in [3.05, 3.63) is 61.7 Å². The van der Waals surface area contributed by atoms with Crippen LogP contribution in [0.1, 0.15) is 35.8 Å². The molecule has 9 nitrogen and oxygen atoms in total. The molecule has 1 fully saturated rings. The van der Waals surface area contributed by atoms with Gasteiger partial charge in [-0.25, -0.2) is 4.79 Å². The van der Waals surface area contributed by atoms with Crippen LogP contribution in [-0.4, -0.2) is 34.3 Å². The van der Waals surface area contributed by atoms with Crippen LogP contribution in [0.15, 0.2) is 27.9 Å². The third kappa shape index (κ3) is 4.08. The number of aromatic amines is 1. The number of aliphatic hydroxyl groups is 1. The highest BCUT2D eigenvalue weighted by molar-refractivity contribution is 7.42. The maximum Gasteiger partial charge on any atom is 0.399 e. The Morgan fingerprint density at radius 2 is 2.13 bits per heavy atom. The van der Waals surface area contributed by atoms with Crippen LogP contribution in [0.2, 0.25) is 0 Å². The molecule has 4 unspecified atom stereocenters. The average Bonchev–Trinajstić information content (AvgIpc) is 3.16. The van der Waals surface area contributed by atoms with E-state index in [0.717, 1.165) is 27.5 Å². The normalized spacial score (nSPS) is 25.4. The van der Waals surface area contributed by atoms with Gasteiger partial charge in [0, 0.05) is 5.56 Å². The first-order valence-electron chi connectivity index (χ1n) is 9.22. The van der Waals surface area contributed by atoms with Gasteiger partial charge in [-0.3, -0.25) is 23.4 Å². The first-order chi connectivity index (χ1) is 14.1. The SMILES string of the molecule is [B]C(O)(OP1OCc2cc(C)cc(C)c2O1)C1CCC(n2cc(F)c(=O)[nH]c2=O)O1. The summed E-state index contributed by atoms with van der Waals surface area (Å²) >= 11 is 0. The minimum atomic E-state index is -2.28. The summed E-state index contributed by atoms with van der Waals surface area (Å²) in [6.45, 7) is 4.10. The van der Waals surface area contributed by atoms with Crippen LogP contribution in [0.5, 0.6) is 5.75 Å². The fourth-order valence-electron chi connectivity index (χ4n) is 3.53. The molecule has 3 heterocycles. The quantitative estimate of drug-likeness (QED) is 0.426. The number of rotatable bonds is 4. The molecule has 4 rings (SSSR count). The second-order valence-corrected chi connectivity index (χ2v) is 8.37. The third-order valence-corrected chi connectivity index (χ3v) is 6.01. The van der Waals surface area contributed by atoms with Crippen molar-refractivity contribution in [1.82, 2.24) is 9.55 Å². The van der Waals surface area contributed by atoms with Crippen LogP contribution in [0.25, 0.3) is 0 Å². The van der Waals surface area contributed by atoms with Gasteiger partial charge in [0.25, 0.3) is 5.56 Å². The number of halogens is 1. The number of ether oxygens (including phenoxy) is 1. The number of hydrogen-bond donors (Lipinski definition) is 2. The lowest BCUT2D eigenvalue weighted by Crippen LogP contribution is -2.45. The standard InChI is InChI=1S/C18H19BFN2O7P/c1-9-5-10(2)15-11(6-9)8-26-30(28-15)29-18(19,25)13-3-4-14(27-13)22-7-12(20)16(23)21-17(22)24/h5-7,13-14,25H,3-4,8H2,1-2H3,(H,21,23,24). The van der Waals surface area contributed by atoms with Crippen LogP contribution in [0.3, 0.4) is 0 Å². The molecule has 0 bridgehead atoms. The van der Waals surface area contributed by atoms with E-state index in [1.54, 1.807) is 0 Å². The Bertz CT molecular complexity index is 1090. The fourth-order valence-corrected chi connectivity index (χ4v) is 4.68. The summed E-state index contributed by atoms with van der Waals surface area (Å²) in [4.78, 5) is 25.0. The number of aryl methyl sites for hydroxylation is 2. The zero-order chi connectivity index (χ0) is 21.6. The van der Waals surface area contributed by atoms with Gasteiger partial charge in [-0.05, 0) is 32.3 Å². The van der Waals surface area contributed by atoms with Gasteiger partial charge in [-0.2, -0.15) is 4.39 Å². The maximum atomic E-state index is 13.5. The Kier molecular flexibility index (Phi) is 5.59. The highest BCUT2D eigenvalue weighted by Gasteiger charge is 2.44. The Labute approximate surface area is 173 Å². The summed E-state index contributed by atoms with van der Waals surface area (Å²) in [5, 5.41) is 10.6. The van der Waals surface area contributed by atoms with E-state index in [4.69, 9.17) is 26.2 Å². The van der Waals surface area contributed by atoms with E-state index in [0.29, 0.717) is 5.75 Å². The van der Waals surface area contributed by atoms with Crippen molar-refractivity contribution in [2.24, 2.45) is 0 Å². The molecule has 12 heteroatoms. The van der Waals surface area contributed by atoms with Gasteiger partial charge in [0.15, 0.2) is 13.5 Å². The molecule has 2 radical (unpaired) electrons. The predicted molar refractivity (Wildman–Crippen MR) is 104 cm³/mol. The van der Waals surface area contributed by atoms with Crippen LogP contribution >= 0.6 is 8.60 Å². The first kappa shape index (κ1) is 21.2. The smallest absolute Gasteiger partial charge is 0.399 e. The number of nitrogens with zero attached hydrogens (tertiary/aromatic N) is 1. The number of fused-ring (bicyclic) bond motifs is 1. The highest BCUT2D eigenvalue weighted by atomic mass is 31.2. The molecular weight excluding hydrogens is 417 g/mol. The van der Waals surface area contributed by atoms with Gasteiger partial charge in [0.2, 0.25) is 5.82 Å². The van der Waals surface area contributed by atoms with E-state index in [2.05, 4.69) is 0 Å².